The van der Waals surface area contributed by atoms with Gasteiger partial charge in [0, 0.05) is 31.9 Å². The molecule has 4 heterocycles. The zero-order chi connectivity index (χ0) is 20.7. The van der Waals surface area contributed by atoms with Crippen molar-refractivity contribution in [2.75, 3.05) is 36.0 Å². The highest BCUT2D eigenvalue weighted by molar-refractivity contribution is 7.13. The van der Waals surface area contributed by atoms with Gasteiger partial charge in [-0.1, -0.05) is 24.3 Å². The van der Waals surface area contributed by atoms with E-state index >= 15 is 0 Å². The Kier molecular flexibility index (Phi) is 4.58. The number of halogens is 3. The summed E-state index contributed by atoms with van der Waals surface area (Å²) in [6, 6.07) is 14.6. The van der Waals surface area contributed by atoms with Gasteiger partial charge in [0.05, 0.1) is 10.6 Å². The monoisotopic (exact) mass is 430 g/mol. The molecule has 3 aromatic heterocycles. The molecule has 0 N–H and O–H groups in total. The number of alkyl halides is 3. The van der Waals surface area contributed by atoms with E-state index in [-0.39, 0.29) is 17.4 Å². The molecule has 0 saturated carbocycles. The Morgan fingerprint density at radius 3 is 2.27 bits per heavy atom. The SMILES string of the molecule is FC(F)(F)c1cc(-c2cccs2)nc2nc(N3CCN(c4ccccc4)CC3)nn12. The highest BCUT2D eigenvalue weighted by Gasteiger charge is 2.36. The summed E-state index contributed by atoms with van der Waals surface area (Å²) in [4.78, 5) is 13.5. The normalized spacial score (nSPS) is 15.2. The van der Waals surface area contributed by atoms with Crippen LogP contribution < -0.4 is 9.80 Å². The van der Waals surface area contributed by atoms with Gasteiger partial charge in [0.2, 0.25) is 5.95 Å². The number of benzene rings is 1. The van der Waals surface area contributed by atoms with E-state index in [1.54, 1.807) is 17.5 Å². The van der Waals surface area contributed by atoms with Gasteiger partial charge < -0.3 is 9.80 Å². The maximum Gasteiger partial charge on any atom is 0.433 e. The zero-order valence-corrected chi connectivity index (χ0v) is 16.6. The first-order chi connectivity index (χ1) is 14.5. The highest BCUT2D eigenvalue weighted by atomic mass is 32.1. The molecule has 0 atom stereocenters. The second-order valence-corrected chi connectivity index (χ2v) is 7.88. The van der Waals surface area contributed by atoms with Crippen LogP contribution in [0, 0.1) is 0 Å². The van der Waals surface area contributed by atoms with E-state index in [1.165, 1.54) is 11.3 Å². The predicted molar refractivity (Wildman–Crippen MR) is 110 cm³/mol. The van der Waals surface area contributed by atoms with Gasteiger partial charge in [-0.2, -0.15) is 22.7 Å². The molecule has 1 aliphatic rings. The summed E-state index contributed by atoms with van der Waals surface area (Å²) in [6.45, 7) is 2.70. The molecule has 154 valence electrons. The molecule has 0 aliphatic carbocycles. The van der Waals surface area contributed by atoms with Crippen LogP contribution in [0.25, 0.3) is 16.3 Å². The van der Waals surface area contributed by atoms with Crippen molar-refractivity contribution >= 4 is 28.8 Å². The Balaban J connectivity index is 1.46. The molecular formula is C20H17F3N6S. The molecule has 30 heavy (non-hydrogen) atoms. The van der Waals surface area contributed by atoms with E-state index in [2.05, 4.69) is 20.0 Å². The average molecular weight is 430 g/mol. The lowest BCUT2D eigenvalue weighted by molar-refractivity contribution is -0.142. The molecule has 1 fully saturated rings. The van der Waals surface area contributed by atoms with Crippen molar-refractivity contribution in [3.63, 3.8) is 0 Å². The van der Waals surface area contributed by atoms with Crippen LogP contribution in [0.1, 0.15) is 5.69 Å². The third-order valence-corrected chi connectivity index (χ3v) is 5.94. The molecule has 0 spiro atoms. The Bertz CT molecular complexity index is 1150. The standard InChI is InChI=1S/C20H17F3N6S/c21-20(22,23)17-13-15(16-7-4-12-30-16)24-18-25-19(26-29(17)18)28-10-8-27(9-11-28)14-5-2-1-3-6-14/h1-7,12-13H,8-11H2. The lowest BCUT2D eigenvalue weighted by atomic mass is 10.2. The van der Waals surface area contributed by atoms with E-state index in [0.717, 1.165) is 29.4 Å². The summed E-state index contributed by atoms with van der Waals surface area (Å²) in [6.07, 6.45) is -4.57. The number of para-hydroxylation sites is 1. The van der Waals surface area contributed by atoms with E-state index in [1.807, 2.05) is 35.2 Å². The number of nitrogens with zero attached hydrogens (tertiary/aromatic N) is 6. The number of rotatable bonds is 3. The van der Waals surface area contributed by atoms with Crippen molar-refractivity contribution in [2.45, 2.75) is 6.18 Å². The molecule has 0 amide bonds. The molecule has 0 bridgehead atoms. The fraction of sp³-hybridized carbons (Fsp3) is 0.250. The lowest BCUT2D eigenvalue weighted by Crippen LogP contribution is -2.47. The predicted octanol–water partition coefficient (Wildman–Crippen LogP) is 4.20. The van der Waals surface area contributed by atoms with Crippen molar-refractivity contribution in [3.05, 3.63) is 59.6 Å². The highest BCUT2D eigenvalue weighted by Crippen LogP contribution is 2.33. The molecular weight excluding hydrogens is 413 g/mol. The molecule has 0 unspecified atom stereocenters. The minimum Gasteiger partial charge on any atom is -0.368 e. The first-order valence-corrected chi connectivity index (χ1v) is 10.3. The Hall–Kier alpha value is -3.14. The zero-order valence-electron chi connectivity index (χ0n) is 15.8. The summed E-state index contributed by atoms with van der Waals surface area (Å²) in [5.41, 5.74) is 0.497. The van der Waals surface area contributed by atoms with Crippen molar-refractivity contribution in [1.29, 1.82) is 0 Å². The second-order valence-electron chi connectivity index (χ2n) is 6.93. The van der Waals surface area contributed by atoms with Gasteiger partial charge in [0.15, 0.2) is 5.69 Å². The molecule has 0 radical (unpaired) electrons. The summed E-state index contributed by atoms with van der Waals surface area (Å²) in [5, 5.41) is 5.96. The largest absolute Gasteiger partial charge is 0.433 e. The molecule has 10 heteroatoms. The van der Waals surface area contributed by atoms with Crippen LogP contribution in [0.5, 0.6) is 0 Å². The first-order valence-electron chi connectivity index (χ1n) is 9.43. The molecule has 5 rings (SSSR count). The van der Waals surface area contributed by atoms with Crippen LogP contribution >= 0.6 is 11.3 Å². The number of hydrogen-bond donors (Lipinski definition) is 0. The Morgan fingerprint density at radius 1 is 0.867 bits per heavy atom. The maximum atomic E-state index is 13.7. The second kappa shape index (κ2) is 7.28. The van der Waals surface area contributed by atoms with E-state index in [4.69, 9.17) is 0 Å². The van der Waals surface area contributed by atoms with Crippen molar-refractivity contribution in [3.8, 4) is 10.6 Å². The van der Waals surface area contributed by atoms with Crippen molar-refractivity contribution < 1.29 is 13.2 Å². The molecule has 4 aromatic rings. The quantitative estimate of drug-likeness (QED) is 0.488. The summed E-state index contributed by atoms with van der Waals surface area (Å²) < 4.78 is 41.9. The smallest absolute Gasteiger partial charge is 0.368 e. The fourth-order valence-electron chi connectivity index (χ4n) is 3.55. The van der Waals surface area contributed by atoms with Crippen molar-refractivity contribution in [1.82, 2.24) is 19.6 Å². The first kappa shape index (κ1) is 18.9. The van der Waals surface area contributed by atoms with E-state index < -0.39 is 11.9 Å². The van der Waals surface area contributed by atoms with Gasteiger partial charge in [0.1, 0.15) is 0 Å². The summed E-state index contributed by atoms with van der Waals surface area (Å²) >= 11 is 1.33. The number of hydrogen-bond acceptors (Lipinski definition) is 6. The van der Waals surface area contributed by atoms with Crippen LogP contribution in [-0.2, 0) is 6.18 Å². The van der Waals surface area contributed by atoms with Crippen LogP contribution in [0.3, 0.4) is 0 Å². The average Bonchev–Trinajstić information content (AvgIpc) is 3.43. The van der Waals surface area contributed by atoms with Gasteiger partial charge in [-0.3, -0.25) is 0 Å². The van der Waals surface area contributed by atoms with Gasteiger partial charge in [-0.05, 0) is 29.6 Å². The van der Waals surface area contributed by atoms with Gasteiger partial charge in [0.25, 0.3) is 5.78 Å². The fourth-order valence-corrected chi connectivity index (χ4v) is 4.23. The summed E-state index contributed by atoms with van der Waals surface area (Å²) in [5.74, 6) is 0.220. The number of anilines is 2. The molecule has 1 aliphatic heterocycles. The third kappa shape index (κ3) is 3.47. The summed E-state index contributed by atoms with van der Waals surface area (Å²) in [7, 11) is 0. The van der Waals surface area contributed by atoms with E-state index in [9.17, 15) is 13.2 Å². The van der Waals surface area contributed by atoms with Crippen LogP contribution in [0.2, 0.25) is 0 Å². The molecule has 1 saturated heterocycles. The van der Waals surface area contributed by atoms with Crippen LogP contribution in [0.15, 0.2) is 53.9 Å². The topological polar surface area (TPSA) is 49.6 Å². The Morgan fingerprint density at radius 2 is 1.60 bits per heavy atom. The molecule has 6 nitrogen and oxygen atoms in total. The van der Waals surface area contributed by atoms with E-state index in [0.29, 0.717) is 18.0 Å². The third-order valence-electron chi connectivity index (χ3n) is 5.05. The lowest BCUT2D eigenvalue weighted by Gasteiger charge is -2.35. The Labute approximate surface area is 174 Å². The van der Waals surface area contributed by atoms with Gasteiger partial charge in [-0.25, -0.2) is 4.98 Å². The number of piperazine rings is 1. The maximum absolute atomic E-state index is 13.7. The number of aromatic nitrogens is 4. The van der Waals surface area contributed by atoms with Crippen LogP contribution in [-0.4, -0.2) is 45.8 Å². The molecule has 1 aromatic carbocycles. The van der Waals surface area contributed by atoms with Gasteiger partial charge >= 0.3 is 6.18 Å². The minimum absolute atomic E-state index is 0.0475. The minimum atomic E-state index is -4.57. The number of thiophene rings is 1. The van der Waals surface area contributed by atoms with Crippen molar-refractivity contribution in [2.24, 2.45) is 0 Å². The number of fused-ring (bicyclic) bond motifs is 1. The van der Waals surface area contributed by atoms with Crippen LogP contribution in [0.4, 0.5) is 24.8 Å². The van der Waals surface area contributed by atoms with Gasteiger partial charge in [-0.15, -0.1) is 16.4 Å².